The number of rotatable bonds is 5. The van der Waals surface area contributed by atoms with E-state index in [4.69, 9.17) is 0 Å². The van der Waals surface area contributed by atoms with Crippen LogP contribution >= 0.6 is 0 Å². The maximum absolute atomic E-state index is 4.17. The van der Waals surface area contributed by atoms with Crippen LogP contribution in [0.4, 0.5) is 5.69 Å². The smallest absolute Gasteiger partial charge is 0.0437 e. The fourth-order valence-corrected chi connectivity index (χ4v) is 1.73. The molecule has 0 aromatic carbocycles. The van der Waals surface area contributed by atoms with E-state index in [2.05, 4.69) is 35.4 Å². The zero-order chi connectivity index (χ0) is 10.7. The molecule has 1 aromatic heterocycles. The van der Waals surface area contributed by atoms with E-state index in [1.165, 1.54) is 24.1 Å². The molecular formula is C12H19N3. The maximum Gasteiger partial charge on any atom is 0.0437 e. The van der Waals surface area contributed by atoms with E-state index >= 15 is 0 Å². The lowest BCUT2D eigenvalue weighted by atomic mass is 10.2. The summed E-state index contributed by atoms with van der Waals surface area (Å²) in [6.07, 6.45) is 6.61. The van der Waals surface area contributed by atoms with Gasteiger partial charge in [0.1, 0.15) is 0 Å². The molecule has 0 atom stereocenters. The van der Waals surface area contributed by atoms with Gasteiger partial charge in [-0.1, -0.05) is 0 Å². The van der Waals surface area contributed by atoms with Gasteiger partial charge in [0.05, 0.1) is 0 Å². The van der Waals surface area contributed by atoms with Gasteiger partial charge >= 0.3 is 0 Å². The topological polar surface area (TPSA) is 28.2 Å². The van der Waals surface area contributed by atoms with Gasteiger partial charge in [-0.25, -0.2) is 0 Å². The highest BCUT2D eigenvalue weighted by Crippen LogP contribution is 2.27. The second-order valence-corrected chi connectivity index (χ2v) is 4.47. The van der Waals surface area contributed by atoms with E-state index in [0.29, 0.717) is 0 Å². The third-order valence-electron chi connectivity index (χ3n) is 2.81. The zero-order valence-corrected chi connectivity index (χ0v) is 9.53. The van der Waals surface area contributed by atoms with Gasteiger partial charge in [-0.2, -0.15) is 0 Å². The van der Waals surface area contributed by atoms with E-state index in [-0.39, 0.29) is 0 Å². The largest absolute Gasteiger partial charge is 0.377 e. The molecule has 0 saturated heterocycles. The summed E-state index contributed by atoms with van der Waals surface area (Å²) in [5, 5.41) is 3.49. The Hall–Kier alpha value is -1.09. The van der Waals surface area contributed by atoms with Crippen molar-refractivity contribution in [1.29, 1.82) is 0 Å². The Kier molecular flexibility index (Phi) is 3.21. The molecule has 1 saturated carbocycles. The van der Waals surface area contributed by atoms with E-state index < -0.39 is 0 Å². The summed E-state index contributed by atoms with van der Waals surface area (Å²) in [7, 11) is 4.14. The van der Waals surface area contributed by atoms with Crippen LogP contribution < -0.4 is 10.2 Å². The molecule has 1 fully saturated rings. The minimum absolute atomic E-state index is 0.928. The fourth-order valence-electron chi connectivity index (χ4n) is 1.73. The molecule has 1 heterocycles. The first kappa shape index (κ1) is 10.4. The monoisotopic (exact) mass is 205 g/mol. The summed E-state index contributed by atoms with van der Waals surface area (Å²) in [6, 6.07) is 2.06. The van der Waals surface area contributed by atoms with Crippen LogP contribution in [0.3, 0.4) is 0 Å². The molecule has 0 spiro atoms. The fraction of sp³-hybridized carbons (Fsp3) is 0.583. The minimum Gasteiger partial charge on any atom is -0.377 e. The van der Waals surface area contributed by atoms with Crippen LogP contribution in [0.5, 0.6) is 0 Å². The molecule has 0 unspecified atom stereocenters. The van der Waals surface area contributed by atoms with Crippen LogP contribution in [0.15, 0.2) is 18.5 Å². The second-order valence-electron chi connectivity index (χ2n) is 4.47. The average Bonchev–Trinajstić information content (AvgIpc) is 3.02. The Labute approximate surface area is 91.5 Å². The molecule has 3 nitrogen and oxygen atoms in total. The van der Waals surface area contributed by atoms with Crippen LogP contribution in [-0.4, -0.2) is 25.6 Å². The predicted octanol–water partition coefficient (Wildman–Crippen LogP) is 1.65. The highest BCUT2D eigenvalue weighted by Gasteiger charge is 2.20. The van der Waals surface area contributed by atoms with Gasteiger partial charge in [0, 0.05) is 44.3 Å². The number of hydrogen-bond acceptors (Lipinski definition) is 3. The molecule has 3 heteroatoms. The molecule has 0 radical (unpaired) electrons. The number of aromatic nitrogens is 1. The lowest BCUT2D eigenvalue weighted by Crippen LogP contribution is -2.19. The van der Waals surface area contributed by atoms with Gasteiger partial charge in [0.2, 0.25) is 0 Å². The molecule has 1 N–H and O–H groups in total. The minimum atomic E-state index is 0.928. The molecule has 0 bridgehead atoms. The molecule has 82 valence electrons. The molecule has 0 aliphatic heterocycles. The lowest BCUT2D eigenvalue weighted by Gasteiger charge is -2.17. The average molecular weight is 205 g/mol. The van der Waals surface area contributed by atoms with Crippen molar-refractivity contribution in [2.45, 2.75) is 19.4 Å². The van der Waals surface area contributed by atoms with Gasteiger partial charge in [-0.15, -0.1) is 0 Å². The van der Waals surface area contributed by atoms with Crippen molar-refractivity contribution in [3.05, 3.63) is 24.0 Å². The number of nitrogens with one attached hydrogen (secondary N) is 1. The summed E-state index contributed by atoms with van der Waals surface area (Å²) in [6.45, 7) is 2.08. The first-order valence-corrected chi connectivity index (χ1v) is 5.58. The van der Waals surface area contributed by atoms with Crippen LogP contribution in [-0.2, 0) is 6.54 Å². The van der Waals surface area contributed by atoms with Gasteiger partial charge < -0.3 is 10.2 Å². The summed E-state index contributed by atoms with van der Waals surface area (Å²) in [5.41, 5.74) is 2.54. The Morgan fingerprint density at radius 2 is 2.27 bits per heavy atom. The van der Waals surface area contributed by atoms with Crippen molar-refractivity contribution in [3.8, 4) is 0 Å². The SMILES string of the molecule is CN(C)c1ccncc1CNCC1CC1. The predicted molar refractivity (Wildman–Crippen MR) is 63.0 cm³/mol. The Bertz CT molecular complexity index is 318. The summed E-state index contributed by atoms with van der Waals surface area (Å²) in [5.74, 6) is 0.935. The van der Waals surface area contributed by atoms with E-state index in [1.54, 1.807) is 0 Å². The first-order valence-electron chi connectivity index (χ1n) is 5.58. The Morgan fingerprint density at radius 1 is 1.47 bits per heavy atom. The zero-order valence-electron chi connectivity index (χ0n) is 9.53. The highest BCUT2D eigenvalue weighted by molar-refractivity contribution is 5.50. The summed E-state index contributed by atoms with van der Waals surface area (Å²) in [4.78, 5) is 6.31. The summed E-state index contributed by atoms with van der Waals surface area (Å²) >= 11 is 0. The molecule has 2 rings (SSSR count). The van der Waals surface area contributed by atoms with Crippen LogP contribution in [0, 0.1) is 5.92 Å². The van der Waals surface area contributed by atoms with Gasteiger partial charge in [-0.05, 0) is 31.4 Å². The number of anilines is 1. The molecule has 1 aromatic rings. The van der Waals surface area contributed by atoms with Gasteiger partial charge in [0.25, 0.3) is 0 Å². The third kappa shape index (κ3) is 2.93. The third-order valence-corrected chi connectivity index (χ3v) is 2.81. The molecular weight excluding hydrogens is 186 g/mol. The Morgan fingerprint density at radius 3 is 2.93 bits per heavy atom. The van der Waals surface area contributed by atoms with Crippen LogP contribution in [0.2, 0.25) is 0 Å². The van der Waals surface area contributed by atoms with Crippen molar-refractivity contribution < 1.29 is 0 Å². The second kappa shape index (κ2) is 4.62. The van der Waals surface area contributed by atoms with Crippen LogP contribution in [0.1, 0.15) is 18.4 Å². The highest BCUT2D eigenvalue weighted by atomic mass is 15.1. The first-order chi connectivity index (χ1) is 7.27. The summed E-state index contributed by atoms with van der Waals surface area (Å²) < 4.78 is 0. The molecule has 15 heavy (non-hydrogen) atoms. The van der Waals surface area contributed by atoms with Crippen molar-refractivity contribution in [3.63, 3.8) is 0 Å². The van der Waals surface area contributed by atoms with E-state index in [0.717, 1.165) is 19.0 Å². The molecule has 1 aliphatic rings. The number of nitrogens with zero attached hydrogens (tertiary/aromatic N) is 2. The van der Waals surface area contributed by atoms with Gasteiger partial charge in [-0.3, -0.25) is 4.98 Å². The van der Waals surface area contributed by atoms with E-state index in [9.17, 15) is 0 Å². The number of hydrogen-bond donors (Lipinski definition) is 1. The van der Waals surface area contributed by atoms with Crippen molar-refractivity contribution >= 4 is 5.69 Å². The van der Waals surface area contributed by atoms with Crippen molar-refractivity contribution in [2.75, 3.05) is 25.5 Å². The lowest BCUT2D eigenvalue weighted by molar-refractivity contribution is 0.637. The van der Waals surface area contributed by atoms with Crippen molar-refractivity contribution in [1.82, 2.24) is 10.3 Å². The van der Waals surface area contributed by atoms with Crippen molar-refractivity contribution in [2.24, 2.45) is 5.92 Å². The van der Waals surface area contributed by atoms with Crippen LogP contribution in [0.25, 0.3) is 0 Å². The van der Waals surface area contributed by atoms with Gasteiger partial charge in [0.15, 0.2) is 0 Å². The maximum atomic E-state index is 4.17. The Balaban J connectivity index is 1.92. The van der Waals surface area contributed by atoms with E-state index in [1.807, 2.05) is 12.4 Å². The molecule has 1 aliphatic carbocycles. The molecule has 0 amide bonds. The standard InChI is InChI=1S/C12H19N3/c1-15(2)12-5-6-13-8-11(12)9-14-7-10-3-4-10/h5-6,8,10,14H,3-4,7,9H2,1-2H3. The normalized spacial score (nSPS) is 15.3. The quantitative estimate of drug-likeness (QED) is 0.792. The number of pyridine rings is 1.